The molecule has 5 nitrogen and oxygen atoms in total. The maximum Gasteiger partial charge on any atom is 0.282 e. The van der Waals surface area contributed by atoms with Crippen LogP contribution in [0.4, 0.5) is 8.78 Å². The molecule has 2 unspecified atom stereocenters. The summed E-state index contributed by atoms with van der Waals surface area (Å²) in [4.78, 5) is 16.5. The number of carbonyl (C=O) groups is 1. The highest BCUT2D eigenvalue weighted by Crippen LogP contribution is 2.51. The minimum Gasteiger partial charge on any atom is -0.330 e. The summed E-state index contributed by atoms with van der Waals surface area (Å²) in [5.41, 5.74) is 2.26. The van der Waals surface area contributed by atoms with E-state index < -0.39 is 19.0 Å². The van der Waals surface area contributed by atoms with Crippen LogP contribution in [-0.2, 0) is 18.4 Å². The zero-order valence-electron chi connectivity index (χ0n) is 15.0. The standard InChI is InChI=1S/C18H26F2N4O/c1-13-14(8-22(2)21-13)9-23-7-6-17(10-23)5-3-4-15(17)16(25)24-11-18(19,20)12-24/h8,15H,3-7,9-12H2,1-2H3. The first-order chi connectivity index (χ1) is 11.8. The van der Waals surface area contributed by atoms with E-state index in [1.807, 2.05) is 18.7 Å². The van der Waals surface area contributed by atoms with Crippen LogP contribution in [-0.4, -0.2) is 57.6 Å². The second-order valence-electron chi connectivity index (χ2n) is 8.23. The number of amides is 1. The number of rotatable bonds is 3. The van der Waals surface area contributed by atoms with E-state index in [-0.39, 0.29) is 17.2 Å². The fourth-order valence-electron chi connectivity index (χ4n) is 5.06. The lowest BCUT2D eigenvalue weighted by molar-refractivity contribution is -0.172. The molecular formula is C18H26F2N4O. The lowest BCUT2D eigenvalue weighted by Gasteiger charge is -2.42. The summed E-state index contributed by atoms with van der Waals surface area (Å²) in [5, 5.41) is 4.40. The monoisotopic (exact) mass is 352 g/mol. The van der Waals surface area contributed by atoms with E-state index in [2.05, 4.69) is 16.2 Å². The number of nitrogens with zero attached hydrogens (tertiary/aromatic N) is 4. The minimum absolute atomic E-state index is 0.0158. The topological polar surface area (TPSA) is 41.4 Å². The highest BCUT2D eigenvalue weighted by atomic mass is 19.3. The van der Waals surface area contributed by atoms with Crippen molar-refractivity contribution in [3.63, 3.8) is 0 Å². The molecule has 4 rings (SSSR count). The fraction of sp³-hybridized carbons (Fsp3) is 0.778. The molecule has 1 spiro atoms. The average molecular weight is 352 g/mol. The molecule has 2 atom stereocenters. The molecule has 0 N–H and O–H groups in total. The molecular weight excluding hydrogens is 326 g/mol. The average Bonchev–Trinajstić information content (AvgIpc) is 3.18. The predicted molar refractivity (Wildman–Crippen MR) is 89.1 cm³/mol. The number of likely N-dealkylation sites (tertiary alicyclic amines) is 2. The molecule has 2 aliphatic heterocycles. The lowest BCUT2D eigenvalue weighted by atomic mass is 9.76. The molecule has 2 saturated heterocycles. The van der Waals surface area contributed by atoms with Gasteiger partial charge in [0.15, 0.2) is 0 Å². The first-order valence-electron chi connectivity index (χ1n) is 9.16. The van der Waals surface area contributed by atoms with Crippen LogP contribution in [0.25, 0.3) is 0 Å². The van der Waals surface area contributed by atoms with Crippen molar-refractivity contribution >= 4 is 5.91 Å². The Morgan fingerprint density at radius 3 is 2.72 bits per heavy atom. The zero-order valence-corrected chi connectivity index (χ0v) is 15.0. The summed E-state index contributed by atoms with van der Waals surface area (Å²) >= 11 is 0. The van der Waals surface area contributed by atoms with E-state index in [1.54, 1.807) is 0 Å². The van der Waals surface area contributed by atoms with E-state index >= 15 is 0 Å². The molecule has 3 fully saturated rings. The Hall–Kier alpha value is -1.50. The molecule has 1 amide bonds. The Kier molecular flexibility index (Phi) is 3.90. The molecule has 3 heterocycles. The van der Waals surface area contributed by atoms with Crippen molar-refractivity contribution in [2.75, 3.05) is 26.2 Å². The van der Waals surface area contributed by atoms with Crippen LogP contribution in [0.3, 0.4) is 0 Å². The van der Waals surface area contributed by atoms with Gasteiger partial charge in [0.1, 0.15) is 0 Å². The van der Waals surface area contributed by atoms with Crippen LogP contribution in [0.2, 0.25) is 0 Å². The zero-order chi connectivity index (χ0) is 17.8. The summed E-state index contributed by atoms with van der Waals surface area (Å²) < 4.78 is 28.1. The van der Waals surface area contributed by atoms with Gasteiger partial charge in [-0.2, -0.15) is 5.10 Å². The lowest BCUT2D eigenvalue weighted by Crippen LogP contribution is -2.60. The van der Waals surface area contributed by atoms with Gasteiger partial charge in [-0.25, -0.2) is 8.78 Å². The van der Waals surface area contributed by atoms with Crippen molar-refractivity contribution in [1.82, 2.24) is 19.6 Å². The smallest absolute Gasteiger partial charge is 0.282 e. The van der Waals surface area contributed by atoms with Gasteiger partial charge in [-0.15, -0.1) is 0 Å². The Morgan fingerprint density at radius 2 is 2.08 bits per heavy atom. The third kappa shape index (κ3) is 2.96. The van der Waals surface area contributed by atoms with Gasteiger partial charge < -0.3 is 4.90 Å². The van der Waals surface area contributed by atoms with Gasteiger partial charge in [-0.1, -0.05) is 6.42 Å². The number of alkyl halides is 2. The first-order valence-corrected chi connectivity index (χ1v) is 9.16. The summed E-state index contributed by atoms with van der Waals surface area (Å²) in [6.45, 7) is 3.95. The summed E-state index contributed by atoms with van der Waals surface area (Å²) in [7, 11) is 1.93. The van der Waals surface area contributed by atoms with Gasteiger partial charge in [0, 0.05) is 37.8 Å². The number of hydrogen-bond donors (Lipinski definition) is 0. The van der Waals surface area contributed by atoms with E-state index in [0.29, 0.717) is 0 Å². The SMILES string of the molecule is Cc1nn(C)cc1CN1CCC2(CCCC2C(=O)N2CC(F)(F)C2)C1. The largest absolute Gasteiger partial charge is 0.330 e. The Balaban J connectivity index is 1.43. The number of hydrogen-bond acceptors (Lipinski definition) is 3. The maximum atomic E-state index is 13.1. The van der Waals surface area contributed by atoms with Crippen molar-refractivity contribution < 1.29 is 13.6 Å². The van der Waals surface area contributed by atoms with Crippen LogP contribution >= 0.6 is 0 Å². The van der Waals surface area contributed by atoms with Gasteiger partial charge in [-0.3, -0.25) is 14.4 Å². The molecule has 0 bridgehead atoms. The summed E-state index contributed by atoms with van der Waals surface area (Å²) in [5.74, 6) is -2.80. The molecule has 25 heavy (non-hydrogen) atoms. The number of carbonyl (C=O) groups excluding carboxylic acids is 1. The van der Waals surface area contributed by atoms with Crippen molar-refractivity contribution in [2.45, 2.75) is 45.1 Å². The van der Waals surface area contributed by atoms with Crippen molar-refractivity contribution in [3.8, 4) is 0 Å². The number of aryl methyl sites for hydroxylation is 2. The second kappa shape index (κ2) is 5.76. The van der Waals surface area contributed by atoms with Gasteiger partial charge in [0.2, 0.25) is 5.91 Å². The predicted octanol–water partition coefficient (Wildman–Crippen LogP) is 2.20. The van der Waals surface area contributed by atoms with Gasteiger partial charge in [0.25, 0.3) is 5.92 Å². The number of aromatic nitrogens is 2. The first kappa shape index (κ1) is 16.9. The molecule has 1 aromatic rings. The molecule has 7 heteroatoms. The molecule has 3 aliphatic rings. The highest BCUT2D eigenvalue weighted by Gasteiger charge is 2.55. The third-order valence-electron chi connectivity index (χ3n) is 6.33. The molecule has 1 aliphatic carbocycles. The minimum atomic E-state index is -2.68. The van der Waals surface area contributed by atoms with E-state index in [0.717, 1.165) is 51.0 Å². The molecule has 0 radical (unpaired) electrons. The molecule has 1 saturated carbocycles. The molecule has 138 valence electrons. The Bertz CT molecular complexity index is 681. The normalized spacial score (nSPS) is 31.7. The van der Waals surface area contributed by atoms with E-state index in [4.69, 9.17) is 0 Å². The fourth-order valence-corrected chi connectivity index (χ4v) is 5.06. The molecule has 0 aromatic carbocycles. The van der Waals surface area contributed by atoms with Crippen LogP contribution in [0.1, 0.15) is 36.9 Å². The van der Waals surface area contributed by atoms with Crippen LogP contribution in [0.5, 0.6) is 0 Å². The van der Waals surface area contributed by atoms with Crippen LogP contribution in [0.15, 0.2) is 6.20 Å². The van der Waals surface area contributed by atoms with E-state index in [9.17, 15) is 13.6 Å². The molecule has 1 aromatic heterocycles. The third-order valence-corrected chi connectivity index (χ3v) is 6.33. The van der Waals surface area contributed by atoms with E-state index in [1.165, 1.54) is 10.5 Å². The van der Waals surface area contributed by atoms with Crippen LogP contribution in [0, 0.1) is 18.3 Å². The van der Waals surface area contributed by atoms with Gasteiger partial charge in [0.05, 0.1) is 18.8 Å². The van der Waals surface area contributed by atoms with Crippen molar-refractivity contribution in [2.24, 2.45) is 18.4 Å². The van der Waals surface area contributed by atoms with Crippen molar-refractivity contribution in [3.05, 3.63) is 17.5 Å². The highest BCUT2D eigenvalue weighted by molar-refractivity contribution is 5.81. The quantitative estimate of drug-likeness (QED) is 0.837. The Morgan fingerprint density at radius 1 is 1.32 bits per heavy atom. The van der Waals surface area contributed by atoms with Gasteiger partial charge >= 0.3 is 0 Å². The second-order valence-corrected chi connectivity index (χ2v) is 8.23. The summed E-state index contributed by atoms with van der Waals surface area (Å²) in [6, 6.07) is 0. The summed E-state index contributed by atoms with van der Waals surface area (Å²) in [6.07, 6.45) is 5.96. The maximum absolute atomic E-state index is 13.1. The van der Waals surface area contributed by atoms with Crippen molar-refractivity contribution in [1.29, 1.82) is 0 Å². The van der Waals surface area contributed by atoms with Crippen LogP contribution < -0.4 is 0 Å². The Labute approximate surface area is 147 Å². The van der Waals surface area contributed by atoms with Gasteiger partial charge in [-0.05, 0) is 38.1 Å². The number of halogens is 2.